The van der Waals surface area contributed by atoms with Crippen molar-refractivity contribution in [2.45, 2.75) is 6.54 Å². The summed E-state index contributed by atoms with van der Waals surface area (Å²) in [6, 6.07) is 8.37. The summed E-state index contributed by atoms with van der Waals surface area (Å²) in [7, 11) is 0. The van der Waals surface area contributed by atoms with Crippen LogP contribution in [-0.4, -0.2) is 17.0 Å². The van der Waals surface area contributed by atoms with Gasteiger partial charge in [-0.25, -0.2) is 4.79 Å². The van der Waals surface area contributed by atoms with Crippen molar-refractivity contribution in [3.8, 4) is 0 Å². The highest BCUT2D eigenvalue weighted by molar-refractivity contribution is 7.10. The highest BCUT2D eigenvalue weighted by Gasteiger charge is 2.09. The number of benzene rings is 1. The number of amides is 1. The number of primary amides is 1. The maximum atomic E-state index is 11.0. The molecular weight excluding hydrogens is 264 g/mol. The summed E-state index contributed by atoms with van der Waals surface area (Å²) in [6.45, 7) is 0.447. The molecular formula is C13H12N2O3S. The van der Waals surface area contributed by atoms with Gasteiger partial charge in [0.1, 0.15) is 0 Å². The van der Waals surface area contributed by atoms with Crippen LogP contribution in [0.4, 0.5) is 5.69 Å². The number of nitrogens with two attached hydrogens (primary N) is 1. The zero-order valence-corrected chi connectivity index (χ0v) is 10.7. The Balaban J connectivity index is 2.10. The summed E-state index contributed by atoms with van der Waals surface area (Å²) < 4.78 is 0. The first-order chi connectivity index (χ1) is 9.08. The molecule has 0 aliphatic carbocycles. The van der Waals surface area contributed by atoms with Gasteiger partial charge in [0.25, 0.3) is 0 Å². The van der Waals surface area contributed by atoms with E-state index in [0.717, 1.165) is 4.88 Å². The molecule has 0 atom stereocenters. The molecule has 0 bridgehead atoms. The molecule has 5 nitrogen and oxygen atoms in total. The normalized spacial score (nSPS) is 10.1. The molecule has 1 heterocycles. The van der Waals surface area contributed by atoms with Gasteiger partial charge in [0.05, 0.1) is 11.1 Å². The van der Waals surface area contributed by atoms with E-state index in [1.54, 1.807) is 29.6 Å². The lowest BCUT2D eigenvalue weighted by molar-refractivity contribution is 0.0697. The highest BCUT2D eigenvalue weighted by atomic mass is 32.1. The standard InChI is InChI=1S/C13H12N2O3S/c14-12(16)8-5-9(19-7-8)6-15-11-4-2-1-3-10(11)13(17)18/h1-5,7,15H,6H2,(H2,14,16)(H,17,18). The molecule has 2 aromatic rings. The Morgan fingerprint density at radius 1 is 1.32 bits per heavy atom. The van der Waals surface area contributed by atoms with Gasteiger partial charge < -0.3 is 16.2 Å². The predicted octanol–water partition coefficient (Wildman–Crippen LogP) is 2.16. The minimum Gasteiger partial charge on any atom is -0.478 e. The number of thiophene rings is 1. The summed E-state index contributed by atoms with van der Waals surface area (Å²) in [5.74, 6) is -1.44. The second-order valence-electron chi connectivity index (χ2n) is 3.87. The summed E-state index contributed by atoms with van der Waals surface area (Å²) in [5, 5.41) is 13.8. The van der Waals surface area contributed by atoms with Gasteiger partial charge in [0, 0.05) is 22.5 Å². The second-order valence-corrected chi connectivity index (χ2v) is 4.87. The van der Waals surface area contributed by atoms with E-state index in [1.807, 2.05) is 0 Å². The van der Waals surface area contributed by atoms with E-state index in [0.29, 0.717) is 17.8 Å². The Kier molecular flexibility index (Phi) is 3.82. The van der Waals surface area contributed by atoms with Gasteiger partial charge in [-0.05, 0) is 18.2 Å². The Bertz CT molecular complexity index is 622. The number of hydrogen-bond donors (Lipinski definition) is 3. The molecule has 19 heavy (non-hydrogen) atoms. The smallest absolute Gasteiger partial charge is 0.337 e. The van der Waals surface area contributed by atoms with E-state index >= 15 is 0 Å². The molecule has 0 radical (unpaired) electrons. The molecule has 2 rings (SSSR count). The fraction of sp³-hybridized carbons (Fsp3) is 0.0769. The molecule has 0 saturated carbocycles. The SMILES string of the molecule is NC(=O)c1csc(CNc2ccccc2C(=O)O)c1. The topological polar surface area (TPSA) is 92.4 Å². The number of aromatic carboxylic acids is 1. The monoisotopic (exact) mass is 276 g/mol. The molecule has 0 aliphatic heterocycles. The number of nitrogens with one attached hydrogen (secondary N) is 1. The van der Waals surface area contributed by atoms with Crippen LogP contribution in [0.2, 0.25) is 0 Å². The molecule has 1 aromatic heterocycles. The number of carbonyl (C=O) groups excluding carboxylic acids is 1. The zero-order valence-electron chi connectivity index (χ0n) is 9.92. The molecule has 4 N–H and O–H groups in total. The molecule has 0 saturated heterocycles. The van der Waals surface area contributed by atoms with Crippen LogP contribution in [0.15, 0.2) is 35.7 Å². The lowest BCUT2D eigenvalue weighted by Gasteiger charge is -2.07. The summed E-state index contributed by atoms with van der Waals surface area (Å²) >= 11 is 1.40. The van der Waals surface area contributed by atoms with Crippen LogP contribution < -0.4 is 11.1 Å². The minimum absolute atomic E-state index is 0.217. The van der Waals surface area contributed by atoms with Crippen LogP contribution >= 0.6 is 11.3 Å². The number of para-hydroxylation sites is 1. The molecule has 1 aromatic carbocycles. The molecule has 6 heteroatoms. The van der Waals surface area contributed by atoms with Crippen LogP contribution in [0, 0.1) is 0 Å². The van der Waals surface area contributed by atoms with Crippen molar-refractivity contribution in [1.29, 1.82) is 0 Å². The van der Waals surface area contributed by atoms with Gasteiger partial charge in [0.15, 0.2) is 0 Å². The minimum atomic E-state index is -0.980. The molecule has 0 spiro atoms. The quantitative estimate of drug-likeness (QED) is 0.780. The van der Waals surface area contributed by atoms with E-state index in [2.05, 4.69) is 5.32 Å². The third-order valence-electron chi connectivity index (χ3n) is 2.55. The largest absolute Gasteiger partial charge is 0.478 e. The third kappa shape index (κ3) is 3.11. The third-order valence-corrected chi connectivity index (χ3v) is 3.49. The van der Waals surface area contributed by atoms with E-state index < -0.39 is 11.9 Å². The van der Waals surface area contributed by atoms with Gasteiger partial charge >= 0.3 is 5.97 Å². The number of anilines is 1. The van der Waals surface area contributed by atoms with Crippen LogP contribution in [0.5, 0.6) is 0 Å². The number of carbonyl (C=O) groups is 2. The fourth-order valence-corrected chi connectivity index (χ4v) is 2.42. The van der Waals surface area contributed by atoms with E-state index in [-0.39, 0.29) is 5.56 Å². The maximum Gasteiger partial charge on any atom is 0.337 e. The van der Waals surface area contributed by atoms with Gasteiger partial charge in [-0.2, -0.15) is 0 Å². The van der Waals surface area contributed by atoms with Crippen molar-refractivity contribution >= 4 is 28.9 Å². The summed E-state index contributed by atoms with van der Waals surface area (Å²) in [6.07, 6.45) is 0. The Morgan fingerprint density at radius 2 is 2.05 bits per heavy atom. The summed E-state index contributed by atoms with van der Waals surface area (Å²) in [4.78, 5) is 22.9. The Morgan fingerprint density at radius 3 is 2.68 bits per heavy atom. The fourth-order valence-electron chi connectivity index (χ4n) is 1.61. The maximum absolute atomic E-state index is 11.0. The lowest BCUT2D eigenvalue weighted by Crippen LogP contribution is -2.09. The van der Waals surface area contributed by atoms with Crippen molar-refractivity contribution in [2.24, 2.45) is 5.73 Å². The van der Waals surface area contributed by atoms with E-state index in [4.69, 9.17) is 10.8 Å². The van der Waals surface area contributed by atoms with Gasteiger partial charge in [-0.15, -0.1) is 11.3 Å². The van der Waals surface area contributed by atoms with Crippen molar-refractivity contribution in [3.63, 3.8) is 0 Å². The molecule has 0 fully saturated rings. The van der Waals surface area contributed by atoms with Gasteiger partial charge in [-0.3, -0.25) is 4.79 Å². The first-order valence-electron chi connectivity index (χ1n) is 5.51. The van der Waals surface area contributed by atoms with Crippen molar-refractivity contribution in [3.05, 3.63) is 51.7 Å². The molecule has 0 unspecified atom stereocenters. The first kappa shape index (κ1) is 13.1. The van der Waals surface area contributed by atoms with E-state index in [9.17, 15) is 9.59 Å². The van der Waals surface area contributed by atoms with Gasteiger partial charge in [0.2, 0.25) is 5.91 Å². The van der Waals surface area contributed by atoms with Crippen molar-refractivity contribution in [2.75, 3.05) is 5.32 Å². The average molecular weight is 276 g/mol. The Hall–Kier alpha value is -2.34. The van der Waals surface area contributed by atoms with Crippen LogP contribution in [0.1, 0.15) is 25.6 Å². The molecule has 0 aliphatic rings. The number of rotatable bonds is 5. The lowest BCUT2D eigenvalue weighted by atomic mass is 10.2. The molecule has 98 valence electrons. The Labute approximate surface area is 113 Å². The summed E-state index contributed by atoms with van der Waals surface area (Å²) in [5.41, 5.74) is 6.40. The van der Waals surface area contributed by atoms with Gasteiger partial charge in [-0.1, -0.05) is 12.1 Å². The molecule has 1 amide bonds. The average Bonchev–Trinajstić information content (AvgIpc) is 2.85. The number of carboxylic acids is 1. The predicted molar refractivity (Wildman–Crippen MR) is 73.6 cm³/mol. The van der Waals surface area contributed by atoms with Crippen molar-refractivity contribution in [1.82, 2.24) is 0 Å². The van der Waals surface area contributed by atoms with Crippen molar-refractivity contribution < 1.29 is 14.7 Å². The van der Waals surface area contributed by atoms with Crippen LogP contribution in [0.25, 0.3) is 0 Å². The van der Waals surface area contributed by atoms with Crippen LogP contribution in [0.3, 0.4) is 0 Å². The van der Waals surface area contributed by atoms with Crippen LogP contribution in [-0.2, 0) is 6.54 Å². The number of hydrogen-bond acceptors (Lipinski definition) is 4. The first-order valence-corrected chi connectivity index (χ1v) is 6.39. The highest BCUT2D eigenvalue weighted by Crippen LogP contribution is 2.19. The second kappa shape index (κ2) is 5.53. The zero-order chi connectivity index (χ0) is 13.8. The van der Waals surface area contributed by atoms with E-state index in [1.165, 1.54) is 17.4 Å². The number of carboxylic acid groups (broad SMARTS) is 1.